The van der Waals surface area contributed by atoms with Crippen molar-refractivity contribution in [2.75, 3.05) is 96.9 Å². The minimum absolute atomic E-state index is 0.0939. The molecule has 0 radical (unpaired) electrons. The normalized spacial score (nSPS) is 19.5. The second-order valence-corrected chi connectivity index (χ2v) is 12.5. The highest BCUT2D eigenvalue weighted by molar-refractivity contribution is 5.70. The van der Waals surface area contributed by atoms with Crippen LogP contribution >= 0.6 is 0 Å². The molecule has 0 amide bonds. The molecule has 0 bridgehead atoms. The Balaban J connectivity index is 2.58. The molecule has 0 spiro atoms. The second kappa shape index (κ2) is 18.3. The number of carboxylic acid groups (broad SMARTS) is 5. The highest BCUT2D eigenvalue weighted by Crippen LogP contribution is 2.25. The molecule has 1 aliphatic heterocycles. The summed E-state index contributed by atoms with van der Waals surface area (Å²) in [5, 5.41) is 51.6. The van der Waals surface area contributed by atoms with Crippen LogP contribution in [-0.4, -0.2) is 177 Å². The van der Waals surface area contributed by atoms with Crippen LogP contribution < -0.4 is 5.32 Å². The first-order valence-electron chi connectivity index (χ1n) is 15.1. The summed E-state index contributed by atoms with van der Waals surface area (Å²) in [7, 11) is 0. The van der Waals surface area contributed by atoms with Gasteiger partial charge in [-0.3, -0.25) is 48.5 Å². The summed E-state index contributed by atoms with van der Waals surface area (Å²) in [6.45, 7) is 5.53. The van der Waals surface area contributed by atoms with Crippen LogP contribution in [0.3, 0.4) is 0 Å². The third-order valence-electron chi connectivity index (χ3n) is 7.36. The van der Waals surface area contributed by atoms with Gasteiger partial charge < -0.3 is 30.8 Å². The van der Waals surface area contributed by atoms with Crippen LogP contribution in [0.2, 0.25) is 0 Å². The van der Waals surface area contributed by atoms with E-state index in [4.69, 9.17) is 0 Å². The average molecular weight is 653 g/mol. The molecule has 6 N–H and O–H groups in total. The fourth-order valence-electron chi connectivity index (χ4n) is 5.34. The van der Waals surface area contributed by atoms with Crippen molar-refractivity contribution in [1.29, 1.82) is 0 Å². The molecular weight excluding hydrogens is 604 g/mol. The Bertz CT molecular complexity index is 1180. The van der Waals surface area contributed by atoms with Gasteiger partial charge in [-0.15, -0.1) is 0 Å². The molecule has 1 fully saturated rings. The largest absolute Gasteiger partial charge is 0.480 e. The number of anilines is 1. The molecule has 16 nitrogen and oxygen atoms in total. The van der Waals surface area contributed by atoms with Crippen LogP contribution in [0.25, 0.3) is 0 Å². The molecule has 1 atom stereocenters. The van der Waals surface area contributed by atoms with Crippen molar-refractivity contribution < 1.29 is 49.5 Å². The van der Waals surface area contributed by atoms with Gasteiger partial charge in [-0.05, 0) is 38.5 Å². The predicted molar refractivity (Wildman–Crippen MR) is 168 cm³/mol. The van der Waals surface area contributed by atoms with E-state index in [1.54, 1.807) is 24.5 Å². The third-order valence-corrected chi connectivity index (χ3v) is 7.36. The molecule has 0 aliphatic carbocycles. The smallest absolute Gasteiger partial charge is 0.317 e. The molecule has 1 aromatic rings. The number of carboxylic acids is 5. The molecular formula is C30H48N6O10. The fourth-order valence-corrected chi connectivity index (χ4v) is 5.34. The third kappa shape index (κ3) is 15.4. The highest BCUT2D eigenvalue weighted by Gasteiger charge is 2.28. The van der Waals surface area contributed by atoms with Gasteiger partial charge in [0.25, 0.3) is 0 Å². The van der Waals surface area contributed by atoms with E-state index in [0.717, 1.165) is 11.3 Å². The number of hydrogen-bond donors (Lipinski definition) is 6. The average Bonchev–Trinajstić information content (AvgIpc) is 2.91. The number of hydrogen-bond acceptors (Lipinski definition) is 11. The molecule has 16 heteroatoms. The molecule has 1 unspecified atom stereocenters. The van der Waals surface area contributed by atoms with Gasteiger partial charge in [0.05, 0.1) is 32.7 Å². The van der Waals surface area contributed by atoms with Crippen LogP contribution in [-0.2, 0) is 24.0 Å². The molecule has 1 saturated heterocycles. The van der Waals surface area contributed by atoms with Gasteiger partial charge in [0.1, 0.15) is 0 Å². The van der Waals surface area contributed by atoms with Crippen molar-refractivity contribution in [2.45, 2.75) is 32.4 Å². The summed E-state index contributed by atoms with van der Waals surface area (Å²) >= 11 is 0. The number of rotatable bonds is 12. The van der Waals surface area contributed by atoms with E-state index in [1.165, 1.54) is 0 Å². The van der Waals surface area contributed by atoms with Crippen molar-refractivity contribution in [3.05, 3.63) is 29.8 Å². The van der Waals surface area contributed by atoms with Gasteiger partial charge in [-0.2, -0.15) is 0 Å². The van der Waals surface area contributed by atoms with Gasteiger partial charge >= 0.3 is 29.8 Å². The molecule has 1 aliphatic rings. The van der Waals surface area contributed by atoms with E-state index in [1.807, 2.05) is 45.0 Å². The Morgan fingerprint density at radius 2 is 0.935 bits per heavy atom. The lowest BCUT2D eigenvalue weighted by atomic mass is 10.0. The summed E-state index contributed by atoms with van der Waals surface area (Å²) in [5.74, 6) is -5.54. The van der Waals surface area contributed by atoms with E-state index in [2.05, 4.69) is 5.32 Å². The standard InChI is InChI=1S/C30H48N6O10/c1-30(2,3)31-23-6-4-22(5-7-23)24-16-35(20-28(43)44)13-12-33(18-26(39)40)9-8-32(17-25(37)38)10-11-34(19-27(41)42)14-15-36(24)21-29(45)46/h4-7,24,31H,8-21H2,1-3H3,(H,37,38)(H,39,40)(H,41,42)(H,43,44)(H,45,46). The molecule has 2 rings (SSSR count). The molecule has 0 saturated carbocycles. The van der Waals surface area contributed by atoms with Gasteiger partial charge in [0.2, 0.25) is 0 Å². The van der Waals surface area contributed by atoms with Gasteiger partial charge in [0, 0.05) is 76.2 Å². The zero-order valence-corrected chi connectivity index (χ0v) is 26.8. The van der Waals surface area contributed by atoms with Gasteiger partial charge in [-0.1, -0.05) is 12.1 Å². The topological polar surface area (TPSA) is 215 Å². The molecule has 258 valence electrons. The summed E-state index contributed by atoms with van der Waals surface area (Å²) in [6.07, 6.45) is 0. The zero-order valence-electron chi connectivity index (χ0n) is 26.8. The lowest BCUT2D eigenvalue weighted by Gasteiger charge is -2.36. The summed E-state index contributed by atoms with van der Waals surface area (Å²) in [6, 6.07) is 6.79. The van der Waals surface area contributed by atoms with Gasteiger partial charge in [0.15, 0.2) is 0 Å². The fraction of sp³-hybridized carbons (Fsp3) is 0.633. The zero-order chi connectivity index (χ0) is 34.4. The van der Waals surface area contributed by atoms with Crippen molar-refractivity contribution in [3.63, 3.8) is 0 Å². The highest BCUT2D eigenvalue weighted by atomic mass is 16.4. The Hall–Kier alpha value is -3.83. The minimum atomic E-state index is -1.12. The van der Waals surface area contributed by atoms with Crippen molar-refractivity contribution in [3.8, 4) is 0 Å². The number of nitrogens with one attached hydrogen (secondary N) is 1. The summed E-state index contributed by atoms with van der Waals surface area (Å²) in [5.41, 5.74) is 1.34. The van der Waals surface area contributed by atoms with Crippen molar-refractivity contribution >= 4 is 35.5 Å². The summed E-state index contributed by atoms with van der Waals surface area (Å²) in [4.78, 5) is 67.1. The monoisotopic (exact) mass is 652 g/mol. The summed E-state index contributed by atoms with van der Waals surface area (Å²) < 4.78 is 0. The van der Waals surface area contributed by atoms with E-state index >= 15 is 0 Å². The SMILES string of the molecule is CC(C)(C)Nc1ccc(C2CN(CC(=O)O)CCN(CC(=O)O)CCN(CC(=O)O)CCN(CC(=O)O)CCN2CC(=O)O)cc1. The first kappa shape index (κ1) is 38.4. The van der Waals surface area contributed by atoms with Crippen molar-refractivity contribution in [1.82, 2.24) is 24.5 Å². The van der Waals surface area contributed by atoms with Crippen LogP contribution in [0.4, 0.5) is 5.69 Å². The molecule has 1 heterocycles. The Labute approximate surface area is 268 Å². The maximum atomic E-state index is 12.1. The molecule has 1 aromatic carbocycles. The van der Waals surface area contributed by atoms with Crippen LogP contribution in [0.1, 0.15) is 32.4 Å². The van der Waals surface area contributed by atoms with E-state index in [0.29, 0.717) is 0 Å². The first-order valence-corrected chi connectivity index (χ1v) is 15.1. The predicted octanol–water partition coefficient (Wildman–Crippen LogP) is -0.115. The first-order chi connectivity index (χ1) is 21.5. The number of carbonyl (C=O) groups is 5. The van der Waals surface area contributed by atoms with Crippen LogP contribution in [0.5, 0.6) is 0 Å². The van der Waals surface area contributed by atoms with Gasteiger partial charge in [-0.25, -0.2) is 0 Å². The molecule has 0 aromatic heterocycles. The quantitative estimate of drug-likeness (QED) is 0.174. The number of aliphatic carboxylic acids is 5. The lowest BCUT2D eigenvalue weighted by Crippen LogP contribution is -2.47. The number of benzene rings is 1. The number of nitrogens with zero attached hydrogens (tertiary/aromatic N) is 5. The second-order valence-electron chi connectivity index (χ2n) is 12.5. The Morgan fingerprint density at radius 1 is 0.587 bits per heavy atom. The Morgan fingerprint density at radius 3 is 1.30 bits per heavy atom. The molecule has 46 heavy (non-hydrogen) atoms. The van der Waals surface area contributed by atoms with E-state index in [-0.39, 0.29) is 84.1 Å². The van der Waals surface area contributed by atoms with E-state index < -0.39 is 49.0 Å². The van der Waals surface area contributed by atoms with Crippen LogP contribution in [0.15, 0.2) is 24.3 Å². The van der Waals surface area contributed by atoms with Crippen LogP contribution in [0, 0.1) is 0 Å². The Kier molecular flexibility index (Phi) is 15.3. The lowest BCUT2D eigenvalue weighted by molar-refractivity contribution is -0.141. The van der Waals surface area contributed by atoms with E-state index in [9.17, 15) is 49.5 Å². The maximum absolute atomic E-state index is 12.1. The minimum Gasteiger partial charge on any atom is -0.480 e. The van der Waals surface area contributed by atoms with Crippen molar-refractivity contribution in [2.24, 2.45) is 0 Å². The maximum Gasteiger partial charge on any atom is 0.317 e.